The molecule has 20 heavy (non-hydrogen) atoms. The third-order valence-corrected chi connectivity index (χ3v) is 5.22. The Hall–Kier alpha value is -1.93. The number of benzene rings is 1. The Balaban J connectivity index is 2.53. The van der Waals surface area contributed by atoms with Crippen molar-refractivity contribution in [1.82, 2.24) is 9.62 Å². The van der Waals surface area contributed by atoms with Crippen molar-refractivity contribution in [2.45, 2.75) is 18.7 Å². The molecule has 1 aromatic rings. The number of aryl methyl sites for hydroxylation is 1. The number of nitrogens with two attached hydrogens (primary N) is 1. The first-order valence-corrected chi connectivity index (χ1v) is 7.36. The van der Waals surface area contributed by atoms with E-state index in [1.54, 1.807) is 19.9 Å². The molecule has 1 aromatic carbocycles. The molecule has 1 heterocycles. The van der Waals surface area contributed by atoms with E-state index in [0.29, 0.717) is 5.56 Å². The second kappa shape index (κ2) is 4.88. The summed E-state index contributed by atoms with van der Waals surface area (Å²) in [5, 5.41) is 2.06. The number of carbonyl (C=O) groups excluding carboxylic acids is 2. The van der Waals surface area contributed by atoms with E-state index in [4.69, 9.17) is 5.73 Å². The molecule has 7 nitrogen and oxygen atoms in total. The quantitative estimate of drug-likeness (QED) is 0.566. The normalized spacial score (nSPS) is 17.1. The van der Waals surface area contributed by atoms with Gasteiger partial charge < -0.3 is 5.73 Å². The predicted molar refractivity (Wildman–Crippen MR) is 72.2 cm³/mol. The second-order valence-corrected chi connectivity index (χ2v) is 6.55. The van der Waals surface area contributed by atoms with Gasteiger partial charge in [0, 0.05) is 0 Å². The number of nitrogens with one attached hydrogen (secondary N) is 1. The van der Waals surface area contributed by atoms with Crippen LogP contribution in [0.4, 0.5) is 5.69 Å². The van der Waals surface area contributed by atoms with Gasteiger partial charge in [-0.05, 0) is 31.0 Å². The van der Waals surface area contributed by atoms with Crippen LogP contribution in [0.5, 0.6) is 0 Å². The third-order valence-electron chi connectivity index (χ3n) is 3.22. The summed E-state index contributed by atoms with van der Waals surface area (Å²) in [6.07, 6.45) is 0. The molecule has 3 N–H and O–H groups in total. The molecule has 1 saturated heterocycles. The third kappa shape index (κ3) is 2.39. The van der Waals surface area contributed by atoms with Gasteiger partial charge in [-0.3, -0.25) is 14.9 Å². The SMILES string of the molecule is Cc1ccc(N)c(S(=O)(=O)N2CC(=O)NC(=O)C2)c1C. The maximum absolute atomic E-state index is 12.6. The molecular formula is C12H15N3O4S. The molecule has 0 saturated carbocycles. The smallest absolute Gasteiger partial charge is 0.246 e. The molecule has 0 unspecified atom stereocenters. The van der Waals surface area contributed by atoms with Gasteiger partial charge in [0.15, 0.2) is 0 Å². The van der Waals surface area contributed by atoms with Crippen LogP contribution in [0.3, 0.4) is 0 Å². The molecule has 0 atom stereocenters. The topological polar surface area (TPSA) is 110 Å². The van der Waals surface area contributed by atoms with Crippen molar-refractivity contribution < 1.29 is 18.0 Å². The Morgan fingerprint density at radius 2 is 1.70 bits per heavy atom. The number of amides is 2. The monoisotopic (exact) mass is 297 g/mol. The number of anilines is 1. The molecule has 0 aliphatic carbocycles. The van der Waals surface area contributed by atoms with Crippen LogP contribution >= 0.6 is 0 Å². The van der Waals surface area contributed by atoms with Gasteiger partial charge in [-0.25, -0.2) is 8.42 Å². The summed E-state index contributed by atoms with van der Waals surface area (Å²) in [6, 6.07) is 3.22. The number of imide groups is 1. The van der Waals surface area contributed by atoms with E-state index in [-0.39, 0.29) is 23.7 Å². The zero-order chi connectivity index (χ0) is 15.1. The van der Waals surface area contributed by atoms with Crippen LogP contribution < -0.4 is 11.1 Å². The van der Waals surface area contributed by atoms with E-state index < -0.39 is 21.8 Å². The van der Waals surface area contributed by atoms with Crippen LogP contribution in [0.25, 0.3) is 0 Å². The number of nitrogen functional groups attached to an aromatic ring is 1. The highest BCUT2D eigenvalue weighted by atomic mass is 32.2. The van der Waals surface area contributed by atoms with E-state index in [9.17, 15) is 18.0 Å². The molecule has 0 spiro atoms. The lowest BCUT2D eigenvalue weighted by atomic mass is 10.1. The second-order valence-electron chi connectivity index (χ2n) is 4.67. The van der Waals surface area contributed by atoms with Crippen molar-refractivity contribution in [2.24, 2.45) is 0 Å². The lowest BCUT2D eigenvalue weighted by molar-refractivity contribution is -0.134. The Morgan fingerprint density at radius 1 is 1.15 bits per heavy atom. The van der Waals surface area contributed by atoms with Crippen LogP contribution in [0.2, 0.25) is 0 Å². The highest BCUT2D eigenvalue weighted by Crippen LogP contribution is 2.28. The molecule has 2 amide bonds. The number of nitrogens with zero attached hydrogens (tertiary/aromatic N) is 1. The fourth-order valence-electron chi connectivity index (χ4n) is 2.06. The molecule has 1 fully saturated rings. The summed E-state index contributed by atoms with van der Waals surface area (Å²) >= 11 is 0. The molecule has 1 aliphatic heterocycles. The zero-order valence-electron chi connectivity index (χ0n) is 11.1. The number of piperazine rings is 1. The average Bonchev–Trinajstić information content (AvgIpc) is 2.33. The van der Waals surface area contributed by atoms with Crippen LogP contribution in [0.15, 0.2) is 17.0 Å². The van der Waals surface area contributed by atoms with Crippen LogP contribution in [-0.4, -0.2) is 37.6 Å². The lowest BCUT2D eigenvalue weighted by Gasteiger charge is -2.26. The van der Waals surface area contributed by atoms with E-state index >= 15 is 0 Å². The maximum atomic E-state index is 12.6. The maximum Gasteiger partial charge on any atom is 0.246 e. The number of rotatable bonds is 2. The van der Waals surface area contributed by atoms with Gasteiger partial charge in [0.25, 0.3) is 0 Å². The summed E-state index contributed by atoms with van der Waals surface area (Å²) in [7, 11) is -3.99. The Bertz CT molecular complexity index is 681. The Kier molecular flexibility index (Phi) is 3.53. The van der Waals surface area contributed by atoms with Crippen molar-refractivity contribution in [1.29, 1.82) is 0 Å². The molecule has 0 bridgehead atoms. The standard InChI is InChI=1S/C12H15N3O4S/c1-7-3-4-9(13)12(8(7)2)20(18,19)15-5-10(16)14-11(17)6-15/h3-4H,5-6,13H2,1-2H3,(H,14,16,17). The van der Waals surface area contributed by atoms with E-state index in [2.05, 4.69) is 5.32 Å². The van der Waals surface area contributed by atoms with Gasteiger partial charge in [-0.1, -0.05) is 6.07 Å². The summed E-state index contributed by atoms with van der Waals surface area (Å²) < 4.78 is 26.0. The average molecular weight is 297 g/mol. The molecular weight excluding hydrogens is 282 g/mol. The van der Waals surface area contributed by atoms with Gasteiger partial charge in [-0.15, -0.1) is 0 Å². The van der Waals surface area contributed by atoms with Crippen LogP contribution in [0, 0.1) is 13.8 Å². The van der Waals surface area contributed by atoms with Gasteiger partial charge in [0.1, 0.15) is 4.90 Å². The number of hydrogen-bond donors (Lipinski definition) is 2. The first-order valence-electron chi connectivity index (χ1n) is 5.92. The van der Waals surface area contributed by atoms with E-state index in [1.165, 1.54) is 6.07 Å². The minimum Gasteiger partial charge on any atom is -0.398 e. The molecule has 0 aromatic heterocycles. The van der Waals surface area contributed by atoms with Crippen molar-refractivity contribution >= 4 is 27.5 Å². The minimum atomic E-state index is -3.99. The van der Waals surface area contributed by atoms with Crippen molar-refractivity contribution in [2.75, 3.05) is 18.8 Å². The summed E-state index contributed by atoms with van der Waals surface area (Å²) in [5.74, 6) is -1.29. The highest BCUT2D eigenvalue weighted by molar-refractivity contribution is 7.89. The van der Waals surface area contributed by atoms with Gasteiger partial charge in [-0.2, -0.15) is 4.31 Å². The summed E-state index contributed by atoms with van der Waals surface area (Å²) in [5.41, 5.74) is 7.15. The first kappa shape index (κ1) is 14.5. The minimum absolute atomic E-state index is 0.0417. The van der Waals surface area contributed by atoms with E-state index in [1.807, 2.05) is 0 Å². The molecule has 108 valence electrons. The number of carbonyl (C=O) groups is 2. The number of hydrogen-bond acceptors (Lipinski definition) is 5. The molecule has 1 aliphatic rings. The Labute approximate surface area is 116 Å². The van der Waals surface area contributed by atoms with E-state index in [0.717, 1.165) is 9.87 Å². The summed E-state index contributed by atoms with van der Waals surface area (Å²) in [6.45, 7) is 2.63. The fourth-order valence-corrected chi connectivity index (χ4v) is 3.81. The fraction of sp³-hybridized carbons (Fsp3) is 0.333. The number of sulfonamides is 1. The Morgan fingerprint density at radius 3 is 2.25 bits per heavy atom. The molecule has 2 rings (SSSR count). The van der Waals surface area contributed by atoms with Crippen LogP contribution in [0.1, 0.15) is 11.1 Å². The van der Waals surface area contributed by atoms with Gasteiger partial charge in [0.2, 0.25) is 21.8 Å². The lowest BCUT2D eigenvalue weighted by Crippen LogP contribution is -2.53. The van der Waals surface area contributed by atoms with Crippen molar-refractivity contribution in [3.05, 3.63) is 23.3 Å². The summed E-state index contributed by atoms with van der Waals surface area (Å²) in [4.78, 5) is 22.6. The predicted octanol–water partition coefficient (Wildman–Crippen LogP) is -0.467. The zero-order valence-corrected chi connectivity index (χ0v) is 12.0. The highest BCUT2D eigenvalue weighted by Gasteiger charge is 2.35. The molecule has 0 radical (unpaired) electrons. The molecule has 8 heteroatoms. The largest absolute Gasteiger partial charge is 0.398 e. The first-order chi connectivity index (χ1) is 9.23. The van der Waals surface area contributed by atoms with Gasteiger partial charge >= 0.3 is 0 Å². The van der Waals surface area contributed by atoms with Crippen molar-refractivity contribution in [3.63, 3.8) is 0 Å². The van der Waals surface area contributed by atoms with Gasteiger partial charge in [0.05, 0.1) is 18.8 Å². The van der Waals surface area contributed by atoms with Crippen LogP contribution in [-0.2, 0) is 19.6 Å². The van der Waals surface area contributed by atoms with Crippen molar-refractivity contribution in [3.8, 4) is 0 Å².